The fraction of sp³-hybridized carbons (Fsp3) is 0. The van der Waals surface area contributed by atoms with Crippen molar-refractivity contribution in [3.05, 3.63) is 45.8 Å². The third-order valence-corrected chi connectivity index (χ3v) is 4.37. The quantitative estimate of drug-likeness (QED) is 0.728. The molecule has 0 atom stereocenters. The minimum atomic E-state index is 0.229. The van der Waals surface area contributed by atoms with Gasteiger partial charge in [0.25, 0.3) is 0 Å². The van der Waals surface area contributed by atoms with Gasteiger partial charge in [-0.15, -0.1) is 11.3 Å². The molecular formula is C13H8Cl2N2OS. The van der Waals surface area contributed by atoms with Crippen molar-refractivity contribution in [1.82, 2.24) is 5.16 Å². The smallest absolute Gasteiger partial charge is 0.230 e. The molecule has 0 aliphatic heterocycles. The van der Waals surface area contributed by atoms with Crippen molar-refractivity contribution in [3.8, 4) is 21.7 Å². The number of aromatic nitrogens is 1. The van der Waals surface area contributed by atoms with E-state index in [4.69, 9.17) is 33.5 Å². The highest BCUT2D eigenvalue weighted by Gasteiger charge is 2.21. The average Bonchev–Trinajstić information content (AvgIpc) is 2.96. The molecular weight excluding hydrogens is 303 g/mol. The first kappa shape index (κ1) is 12.5. The number of anilines is 1. The summed E-state index contributed by atoms with van der Waals surface area (Å²) in [6, 6.07) is 9.21. The van der Waals surface area contributed by atoms with E-state index >= 15 is 0 Å². The summed E-state index contributed by atoms with van der Waals surface area (Å²) in [5, 5.41) is 7.10. The number of benzene rings is 1. The lowest BCUT2D eigenvalue weighted by Crippen LogP contribution is -1.87. The van der Waals surface area contributed by atoms with Gasteiger partial charge in [0.2, 0.25) is 5.88 Å². The van der Waals surface area contributed by atoms with E-state index < -0.39 is 0 Å². The number of nitrogen functional groups attached to an aromatic ring is 1. The maximum atomic E-state index is 6.21. The molecule has 2 heterocycles. The molecule has 2 N–H and O–H groups in total. The average molecular weight is 311 g/mol. The Morgan fingerprint density at radius 1 is 1.11 bits per heavy atom. The molecule has 0 saturated carbocycles. The predicted octanol–water partition coefficient (Wildman–Crippen LogP) is 4.96. The molecule has 2 aromatic heterocycles. The van der Waals surface area contributed by atoms with Crippen molar-refractivity contribution >= 4 is 40.4 Å². The number of rotatable bonds is 2. The molecule has 0 saturated heterocycles. The standard InChI is InChI=1S/C13H8Cl2N2OS/c14-8-4-2-1-3-7(8)10-11(17-18-13(10)16)12-9(15)5-6-19-12/h1-6H,16H2. The fourth-order valence-corrected chi connectivity index (χ4v) is 3.21. The highest BCUT2D eigenvalue weighted by Crippen LogP contribution is 2.43. The molecule has 19 heavy (non-hydrogen) atoms. The van der Waals surface area contributed by atoms with Gasteiger partial charge in [-0.05, 0) is 17.5 Å². The molecule has 0 radical (unpaired) electrons. The van der Waals surface area contributed by atoms with Crippen LogP contribution in [0.5, 0.6) is 0 Å². The normalized spacial score (nSPS) is 10.8. The van der Waals surface area contributed by atoms with Crippen LogP contribution in [0, 0.1) is 0 Å². The zero-order chi connectivity index (χ0) is 13.4. The summed E-state index contributed by atoms with van der Waals surface area (Å²) < 4.78 is 5.10. The number of thiophene rings is 1. The molecule has 0 unspecified atom stereocenters. The lowest BCUT2D eigenvalue weighted by Gasteiger charge is -2.03. The SMILES string of the molecule is Nc1onc(-c2sccc2Cl)c1-c1ccccc1Cl. The molecule has 3 aromatic rings. The topological polar surface area (TPSA) is 52.0 Å². The van der Waals surface area contributed by atoms with Crippen molar-refractivity contribution in [2.45, 2.75) is 0 Å². The second kappa shape index (κ2) is 4.89. The second-order valence-electron chi connectivity index (χ2n) is 3.85. The van der Waals surface area contributed by atoms with E-state index in [1.165, 1.54) is 11.3 Å². The first-order chi connectivity index (χ1) is 9.18. The zero-order valence-electron chi connectivity index (χ0n) is 9.56. The van der Waals surface area contributed by atoms with Crippen molar-refractivity contribution < 1.29 is 4.52 Å². The highest BCUT2D eigenvalue weighted by molar-refractivity contribution is 7.14. The fourth-order valence-electron chi connectivity index (χ4n) is 1.84. The minimum absolute atomic E-state index is 0.229. The molecule has 0 aliphatic carbocycles. The molecule has 1 aromatic carbocycles. The first-order valence-electron chi connectivity index (χ1n) is 5.42. The van der Waals surface area contributed by atoms with Crippen LogP contribution in [0.2, 0.25) is 10.0 Å². The molecule has 0 spiro atoms. The van der Waals surface area contributed by atoms with Crippen LogP contribution in [0.1, 0.15) is 0 Å². The van der Waals surface area contributed by atoms with Gasteiger partial charge < -0.3 is 10.3 Å². The Kier molecular flexibility index (Phi) is 3.22. The number of nitrogens with zero attached hydrogens (tertiary/aromatic N) is 1. The molecule has 0 aliphatic rings. The summed E-state index contributed by atoms with van der Waals surface area (Å²) in [6.07, 6.45) is 0. The van der Waals surface area contributed by atoms with E-state index in [0.29, 0.717) is 21.3 Å². The monoisotopic (exact) mass is 310 g/mol. The van der Waals surface area contributed by atoms with Crippen LogP contribution in [0.4, 0.5) is 5.88 Å². The molecule has 3 nitrogen and oxygen atoms in total. The Hall–Kier alpha value is -1.49. The lowest BCUT2D eigenvalue weighted by molar-refractivity contribution is 0.439. The molecule has 3 rings (SSSR count). The van der Waals surface area contributed by atoms with E-state index in [0.717, 1.165) is 10.4 Å². The molecule has 0 bridgehead atoms. The Morgan fingerprint density at radius 3 is 2.58 bits per heavy atom. The summed E-state index contributed by atoms with van der Waals surface area (Å²) in [4.78, 5) is 0.817. The Labute approximate surface area is 123 Å². The largest absolute Gasteiger partial charge is 0.367 e. The lowest BCUT2D eigenvalue weighted by atomic mass is 10.0. The van der Waals surface area contributed by atoms with Gasteiger partial charge in [-0.3, -0.25) is 0 Å². The van der Waals surface area contributed by atoms with Gasteiger partial charge in [-0.25, -0.2) is 0 Å². The van der Waals surface area contributed by atoms with Crippen LogP contribution in [0.15, 0.2) is 40.2 Å². The van der Waals surface area contributed by atoms with Crippen molar-refractivity contribution in [3.63, 3.8) is 0 Å². The van der Waals surface area contributed by atoms with Gasteiger partial charge in [0.15, 0.2) is 0 Å². The number of hydrogen-bond acceptors (Lipinski definition) is 4. The van der Waals surface area contributed by atoms with Gasteiger partial charge in [-0.2, -0.15) is 0 Å². The molecule has 0 fully saturated rings. The number of halogens is 2. The van der Waals surface area contributed by atoms with Gasteiger partial charge in [-0.1, -0.05) is 46.6 Å². The summed E-state index contributed by atoms with van der Waals surface area (Å²) in [7, 11) is 0. The molecule has 6 heteroatoms. The van der Waals surface area contributed by atoms with Crippen LogP contribution in [0.3, 0.4) is 0 Å². The number of nitrogens with two attached hydrogens (primary N) is 1. The minimum Gasteiger partial charge on any atom is -0.367 e. The van der Waals surface area contributed by atoms with Crippen LogP contribution in [0.25, 0.3) is 21.7 Å². The predicted molar refractivity (Wildman–Crippen MR) is 79.7 cm³/mol. The zero-order valence-corrected chi connectivity index (χ0v) is 11.9. The summed E-state index contributed by atoms with van der Waals surface area (Å²) in [6.45, 7) is 0. The third-order valence-electron chi connectivity index (χ3n) is 2.69. The highest BCUT2D eigenvalue weighted by atomic mass is 35.5. The third kappa shape index (κ3) is 2.12. The summed E-state index contributed by atoms with van der Waals surface area (Å²) in [5.41, 5.74) is 7.94. The van der Waals surface area contributed by atoms with E-state index in [1.807, 2.05) is 29.6 Å². The van der Waals surface area contributed by atoms with Gasteiger partial charge >= 0.3 is 0 Å². The van der Waals surface area contributed by atoms with Gasteiger partial charge in [0, 0.05) is 10.6 Å². The maximum absolute atomic E-state index is 6.21. The van der Waals surface area contributed by atoms with E-state index in [2.05, 4.69) is 5.16 Å². The maximum Gasteiger partial charge on any atom is 0.230 e. The van der Waals surface area contributed by atoms with Crippen molar-refractivity contribution in [2.75, 3.05) is 5.73 Å². The van der Waals surface area contributed by atoms with Crippen LogP contribution < -0.4 is 5.73 Å². The van der Waals surface area contributed by atoms with E-state index in [-0.39, 0.29) is 5.88 Å². The first-order valence-corrected chi connectivity index (χ1v) is 7.05. The second-order valence-corrected chi connectivity index (χ2v) is 5.58. The molecule has 0 amide bonds. The van der Waals surface area contributed by atoms with E-state index in [9.17, 15) is 0 Å². The van der Waals surface area contributed by atoms with E-state index in [1.54, 1.807) is 6.07 Å². The van der Waals surface area contributed by atoms with Gasteiger partial charge in [0.1, 0.15) is 5.69 Å². The Bertz CT molecular complexity index is 736. The van der Waals surface area contributed by atoms with Gasteiger partial charge in [0.05, 0.1) is 15.5 Å². The van der Waals surface area contributed by atoms with Crippen LogP contribution in [-0.4, -0.2) is 5.16 Å². The van der Waals surface area contributed by atoms with Crippen molar-refractivity contribution in [2.24, 2.45) is 0 Å². The Balaban J connectivity index is 2.26. The van der Waals surface area contributed by atoms with Crippen molar-refractivity contribution in [1.29, 1.82) is 0 Å². The Morgan fingerprint density at radius 2 is 1.89 bits per heavy atom. The molecule has 96 valence electrons. The van der Waals surface area contributed by atoms with Crippen LogP contribution >= 0.6 is 34.5 Å². The number of hydrogen-bond donors (Lipinski definition) is 1. The van der Waals surface area contributed by atoms with Crippen LogP contribution in [-0.2, 0) is 0 Å². The summed E-state index contributed by atoms with van der Waals surface area (Å²) in [5.74, 6) is 0.229. The summed E-state index contributed by atoms with van der Waals surface area (Å²) >= 11 is 13.8.